The van der Waals surface area contributed by atoms with E-state index in [-0.39, 0.29) is 0 Å². The predicted octanol–water partition coefficient (Wildman–Crippen LogP) is 4.37. The summed E-state index contributed by atoms with van der Waals surface area (Å²) in [6, 6.07) is 12.6. The Morgan fingerprint density at radius 3 is 2.35 bits per heavy atom. The summed E-state index contributed by atoms with van der Waals surface area (Å²) in [5.41, 5.74) is 3.88. The summed E-state index contributed by atoms with van der Waals surface area (Å²) in [6.45, 7) is 6.67. The Balaban J connectivity index is 2.04. The van der Waals surface area contributed by atoms with Crippen LogP contribution in [0.4, 0.5) is 5.69 Å². The van der Waals surface area contributed by atoms with Gasteiger partial charge in [-0.25, -0.2) is 9.56 Å². The third-order valence-corrected chi connectivity index (χ3v) is 4.79. The summed E-state index contributed by atoms with van der Waals surface area (Å²) in [6.07, 6.45) is 4.84. The van der Waals surface area contributed by atoms with Crippen LogP contribution in [0, 0.1) is 0 Å². The lowest BCUT2D eigenvalue weighted by Crippen LogP contribution is -2.25. The van der Waals surface area contributed by atoms with Gasteiger partial charge in [0.1, 0.15) is 25.3 Å². The van der Waals surface area contributed by atoms with Gasteiger partial charge in [0.05, 0.1) is 6.07 Å². The molecule has 0 N–H and O–H groups in total. The van der Waals surface area contributed by atoms with Crippen molar-refractivity contribution in [1.29, 1.82) is 0 Å². The molecule has 0 fully saturated rings. The zero-order valence-electron chi connectivity index (χ0n) is 16.5. The molecule has 0 saturated heterocycles. The maximum Gasteiger partial charge on any atom is 0.203 e. The number of hydrogen-bond donors (Lipinski definition) is 0. The molecule has 0 radical (unpaired) electrons. The van der Waals surface area contributed by atoms with Crippen LogP contribution in [0.25, 0.3) is 22.6 Å². The molecule has 1 aromatic carbocycles. The standard InChI is InChI=1S/C22H30N3O/c1-5-7-13-25(14-8-6-2)18-10-12-20-22(16-18)26-21-15-17(24(3)4)9-11-19(21)23-20/h9-12,15-16H,5-8,13-14H2,1-4H3/q+1. The lowest BCUT2D eigenvalue weighted by atomic mass is 10.2. The molecule has 0 atom stereocenters. The second-order valence-corrected chi connectivity index (χ2v) is 7.11. The van der Waals surface area contributed by atoms with Crippen LogP contribution in [0.15, 0.2) is 40.8 Å². The van der Waals surface area contributed by atoms with Crippen molar-refractivity contribution in [3.63, 3.8) is 0 Å². The van der Waals surface area contributed by atoms with E-state index in [2.05, 4.69) is 53.7 Å². The first-order chi connectivity index (χ1) is 12.6. The Labute approximate surface area is 156 Å². The molecular weight excluding hydrogens is 322 g/mol. The van der Waals surface area contributed by atoms with Gasteiger partial charge in [0.2, 0.25) is 5.36 Å². The van der Waals surface area contributed by atoms with Crippen molar-refractivity contribution in [2.75, 3.05) is 32.1 Å². The minimum absolute atomic E-state index is 0.828. The molecule has 26 heavy (non-hydrogen) atoms. The van der Waals surface area contributed by atoms with Crippen LogP contribution < -0.4 is 14.8 Å². The Morgan fingerprint density at radius 2 is 1.69 bits per heavy atom. The summed E-state index contributed by atoms with van der Waals surface area (Å²) >= 11 is 0. The monoisotopic (exact) mass is 352 g/mol. The highest BCUT2D eigenvalue weighted by molar-refractivity contribution is 5.80. The van der Waals surface area contributed by atoms with Crippen molar-refractivity contribution in [3.05, 3.63) is 41.8 Å². The fourth-order valence-corrected chi connectivity index (χ4v) is 3.14. The molecule has 1 aliphatic heterocycles. The van der Waals surface area contributed by atoms with Gasteiger partial charge in [-0.05, 0) is 31.0 Å². The normalized spacial score (nSPS) is 11.2. The summed E-state index contributed by atoms with van der Waals surface area (Å²) in [7, 11) is 4.07. The molecule has 1 aliphatic carbocycles. The Bertz CT molecular complexity index is 901. The van der Waals surface area contributed by atoms with Crippen LogP contribution in [-0.4, -0.2) is 32.2 Å². The first-order valence-corrected chi connectivity index (χ1v) is 9.72. The Morgan fingerprint density at radius 1 is 0.962 bits per heavy atom. The SMILES string of the molecule is CCCCN(CCCC)c1ccc2nc3ccc(=[N+](C)C)cc-3oc2c1. The molecular formula is C22H30N3O+. The molecule has 4 heteroatoms. The minimum Gasteiger partial charge on any atom is -0.452 e. The van der Waals surface area contributed by atoms with Gasteiger partial charge in [0.15, 0.2) is 11.3 Å². The van der Waals surface area contributed by atoms with E-state index < -0.39 is 0 Å². The van der Waals surface area contributed by atoms with Crippen molar-refractivity contribution in [3.8, 4) is 11.5 Å². The van der Waals surface area contributed by atoms with E-state index in [9.17, 15) is 0 Å². The smallest absolute Gasteiger partial charge is 0.203 e. The molecule has 0 amide bonds. The minimum atomic E-state index is 0.828. The van der Waals surface area contributed by atoms with Crippen LogP contribution in [0.1, 0.15) is 39.5 Å². The van der Waals surface area contributed by atoms with E-state index >= 15 is 0 Å². The number of hydrogen-bond acceptors (Lipinski definition) is 3. The maximum absolute atomic E-state index is 6.22. The van der Waals surface area contributed by atoms with Crippen molar-refractivity contribution in [2.24, 2.45) is 0 Å². The number of fused-ring (bicyclic) bond motifs is 2. The van der Waals surface area contributed by atoms with Crippen molar-refractivity contribution < 1.29 is 4.42 Å². The average molecular weight is 353 g/mol. The third kappa shape index (κ3) is 4.06. The van der Waals surface area contributed by atoms with Crippen molar-refractivity contribution in [2.45, 2.75) is 39.5 Å². The van der Waals surface area contributed by atoms with E-state index in [1.54, 1.807) is 0 Å². The summed E-state index contributed by atoms with van der Waals surface area (Å²) in [5.74, 6) is 0.828. The number of nitrogens with zero attached hydrogens (tertiary/aromatic N) is 3. The van der Waals surface area contributed by atoms with Gasteiger partial charge < -0.3 is 9.32 Å². The fourth-order valence-electron chi connectivity index (χ4n) is 3.14. The highest BCUT2D eigenvalue weighted by Gasteiger charge is 2.13. The highest BCUT2D eigenvalue weighted by atomic mass is 16.3. The highest BCUT2D eigenvalue weighted by Crippen LogP contribution is 2.27. The maximum atomic E-state index is 6.22. The molecule has 0 spiro atoms. The number of rotatable bonds is 7. The summed E-state index contributed by atoms with van der Waals surface area (Å²) in [5, 5.41) is 1.12. The molecule has 0 bridgehead atoms. The number of anilines is 1. The van der Waals surface area contributed by atoms with Crippen molar-refractivity contribution >= 4 is 16.8 Å². The van der Waals surface area contributed by atoms with Crippen LogP contribution in [0.5, 0.6) is 0 Å². The van der Waals surface area contributed by atoms with E-state index in [4.69, 9.17) is 9.40 Å². The molecule has 0 saturated carbocycles. The molecule has 3 rings (SSSR count). The van der Waals surface area contributed by atoms with Gasteiger partial charge in [0, 0.05) is 30.9 Å². The largest absolute Gasteiger partial charge is 0.452 e. The van der Waals surface area contributed by atoms with E-state index in [0.717, 1.165) is 41.0 Å². The number of benzene rings is 2. The predicted molar refractivity (Wildman–Crippen MR) is 110 cm³/mol. The molecule has 1 aromatic rings. The lowest BCUT2D eigenvalue weighted by Gasteiger charge is -2.24. The zero-order chi connectivity index (χ0) is 18.5. The number of unbranched alkanes of at least 4 members (excludes halogenated alkanes) is 2. The van der Waals surface area contributed by atoms with E-state index in [1.165, 1.54) is 31.4 Å². The summed E-state index contributed by atoms with van der Waals surface area (Å²) < 4.78 is 8.30. The van der Waals surface area contributed by atoms with E-state index in [0.29, 0.717) is 0 Å². The molecule has 0 aromatic heterocycles. The fraction of sp³-hybridized carbons (Fsp3) is 0.455. The topological polar surface area (TPSA) is 32.3 Å². The Hall–Kier alpha value is -2.36. The quantitative estimate of drug-likeness (QED) is 0.467. The molecule has 0 unspecified atom stereocenters. The van der Waals surface area contributed by atoms with Gasteiger partial charge in [-0.15, -0.1) is 0 Å². The Kier molecular flexibility index (Phi) is 5.92. The van der Waals surface area contributed by atoms with Crippen LogP contribution in [0.3, 0.4) is 0 Å². The van der Waals surface area contributed by atoms with Crippen molar-refractivity contribution in [1.82, 2.24) is 9.56 Å². The molecule has 2 aliphatic rings. The van der Waals surface area contributed by atoms with Gasteiger partial charge in [-0.3, -0.25) is 0 Å². The zero-order valence-corrected chi connectivity index (χ0v) is 16.5. The third-order valence-electron chi connectivity index (χ3n) is 4.79. The molecule has 4 nitrogen and oxygen atoms in total. The van der Waals surface area contributed by atoms with E-state index in [1.807, 2.05) is 20.2 Å². The summed E-state index contributed by atoms with van der Waals surface area (Å²) in [4.78, 5) is 7.25. The van der Waals surface area contributed by atoms with Gasteiger partial charge >= 0.3 is 0 Å². The average Bonchev–Trinajstić information content (AvgIpc) is 2.65. The van der Waals surface area contributed by atoms with Gasteiger partial charge in [-0.2, -0.15) is 0 Å². The lowest BCUT2D eigenvalue weighted by molar-refractivity contribution is 0.609. The second kappa shape index (κ2) is 8.35. The van der Waals surface area contributed by atoms with Crippen LogP contribution >= 0.6 is 0 Å². The second-order valence-electron chi connectivity index (χ2n) is 7.11. The molecule has 1 heterocycles. The number of aromatic nitrogens is 1. The first-order valence-electron chi connectivity index (χ1n) is 9.72. The van der Waals surface area contributed by atoms with Crippen LogP contribution in [-0.2, 0) is 0 Å². The van der Waals surface area contributed by atoms with Crippen LogP contribution in [0.2, 0.25) is 0 Å². The van der Waals surface area contributed by atoms with Gasteiger partial charge in [0.25, 0.3) is 0 Å². The van der Waals surface area contributed by atoms with Gasteiger partial charge in [-0.1, -0.05) is 26.7 Å². The first kappa shape index (κ1) is 18.4. The molecule has 138 valence electrons.